The van der Waals surface area contributed by atoms with Gasteiger partial charge in [0.15, 0.2) is 0 Å². The number of ether oxygens (including phenoxy) is 1. The molecule has 0 heterocycles. The number of carboxylic acids is 1. The van der Waals surface area contributed by atoms with Gasteiger partial charge < -0.3 is 9.84 Å². The Hall–Kier alpha value is -2.82. The van der Waals surface area contributed by atoms with Crippen LogP contribution in [0.2, 0.25) is 0 Å². The molecule has 1 N–H and O–H groups in total. The molecule has 0 aromatic heterocycles. The highest BCUT2D eigenvalue weighted by atomic mass is 16.6. The lowest BCUT2D eigenvalue weighted by atomic mass is 10.1. The molecular weight excluding hydrogens is 306 g/mol. The summed E-state index contributed by atoms with van der Waals surface area (Å²) < 4.78 is 5.27. The van der Waals surface area contributed by atoms with Gasteiger partial charge in [0.1, 0.15) is 12.6 Å². The minimum atomic E-state index is -1.04. The van der Waals surface area contributed by atoms with E-state index in [1.165, 1.54) is 4.90 Å². The van der Waals surface area contributed by atoms with E-state index in [4.69, 9.17) is 4.74 Å². The van der Waals surface area contributed by atoms with Crippen LogP contribution in [0, 0.1) is 0 Å². The van der Waals surface area contributed by atoms with Gasteiger partial charge in [0, 0.05) is 13.0 Å². The zero-order valence-electron chi connectivity index (χ0n) is 13.6. The van der Waals surface area contributed by atoms with Crippen LogP contribution in [0.5, 0.6) is 0 Å². The van der Waals surface area contributed by atoms with Crippen LogP contribution in [-0.2, 0) is 22.6 Å². The van der Waals surface area contributed by atoms with E-state index in [-0.39, 0.29) is 19.6 Å². The Morgan fingerprint density at radius 3 is 2.04 bits per heavy atom. The summed E-state index contributed by atoms with van der Waals surface area (Å²) in [4.78, 5) is 25.2. The molecule has 0 bridgehead atoms. The van der Waals surface area contributed by atoms with Crippen molar-refractivity contribution < 1.29 is 19.4 Å². The normalized spacial score (nSPS) is 11.5. The number of carbonyl (C=O) groups is 2. The van der Waals surface area contributed by atoms with Crippen LogP contribution in [0.3, 0.4) is 0 Å². The van der Waals surface area contributed by atoms with E-state index in [2.05, 4.69) is 0 Å². The van der Waals surface area contributed by atoms with E-state index in [0.717, 1.165) is 11.1 Å². The second kappa shape index (κ2) is 8.72. The van der Waals surface area contributed by atoms with Gasteiger partial charge in [-0.15, -0.1) is 0 Å². The Bertz CT molecular complexity index is 658. The zero-order valence-corrected chi connectivity index (χ0v) is 13.6. The molecule has 0 aliphatic carbocycles. The second-order valence-corrected chi connectivity index (χ2v) is 5.37. The summed E-state index contributed by atoms with van der Waals surface area (Å²) in [5.41, 5.74) is 1.72. The molecule has 0 saturated heterocycles. The number of rotatable bonds is 7. The number of carbonyl (C=O) groups excluding carboxylic acids is 1. The first-order chi connectivity index (χ1) is 11.6. The van der Waals surface area contributed by atoms with Gasteiger partial charge in [-0.1, -0.05) is 60.7 Å². The van der Waals surface area contributed by atoms with Crippen LogP contribution in [0.4, 0.5) is 4.79 Å². The first kappa shape index (κ1) is 17.5. The van der Waals surface area contributed by atoms with Gasteiger partial charge in [-0.25, -0.2) is 9.59 Å². The van der Waals surface area contributed by atoms with Crippen molar-refractivity contribution in [2.75, 3.05) is 6.54 Å². The van der Waals surface area contributed by atoms with Crippen molar-refractivity contribution in [3.63, 3.8) is 0 Å². The summed E-state index contributed by atoms with van der Waals surface area (Å²) in [5.74, 6) is -1.04. The monoisotopic (exact) mass is 327 g/mol. The van der Waals surface area contributed by atoms with Crippen LogP contribution < -0.4 is 0 Å². The van der Waals surface area contributed by atoms with Crippen LogP contribution >= 0.6 is 0 Å². The number of carboxylic acid groups (broad SMARTS) is 1. The molecule has 1 atom stereocenters. The molecule has 1 amide bonds. The summed E-state index contributed by atoms with van der Waals surface area (Å²) >= 11 is 0. The Balaban J connectivity index is 2.05. The third-order valence-corrected chi connectivity index (χ3v) is 3.71. The maximum absolute atomic E-state index is 12.3. The highest BCUT2D eigenvalue weighted by molar-refractivity contribution is 5.80. The van der Waals surface area contributed by atoms with Crippen molar-refractivity contribution in [2.45, 2.75) is 26.0 Å². The smallest absolute Gasteiger partial charge is 0.410 e. The topological polar surface area (TPSA) is 66.8 Å². The highest BCUT2D eigenvalue weighted by Gasteiger charge is 2.29. The molecule has 2 aromatic rings. The van der Waals surface area contributed by atoms with Gasteiger partial charge in [-0.2, -0.15) is 0 Å². The number of benzene rings is 2. The average Bonchev–Trinajstić information content (AvgIpc) is 2.61. The lowest BCUT2D eigenvalue weighted by Gasteiger charge is -2.27. The van der Waals surface area contributed by atoms with Crippen molar-refractivity contribution in [2.24, 2.45) is 0 Å². The first-order valence-electron chi connectivity index (χ1n) is 7.86. The average molecular weight is 327 g/mol. The van der Waals surface area contributed by atoms with Crippen LogP contribution in [0.15, 0.2) is 60.7 Å². The molecule has 5 nitrogen and oxygen atoms in total. The number of hydrogen-bond donors (Lipinski definition) is 1. The van der Waals surface area contributed by atoms with Gasteiger partial charge in [-0.3, -0.25) is 4.90 Å². The van der Waals surface area contributed by atoms with E-state index in [1.807, 2.05) is 60.7 Å². The third-order valence-electron chi connectivity index (χ3n) is 3.71. The molecule has 2 rings (SSSR count). The standard InChI is InChI=1S/C19H21NO4/c1-2-20(19(23)24-14-16-11-7-4-8-12-16)17(18(21)22)13-15-9-5-3-6-10-15/h3-12,17H,2,13-14H2,1H3,(H,21,22). The van der Waals surface area contributed by atoms with Crippen LogP contribution in [0.1, 0.15) is 18.1 Å². The molecule has 0 fully saturated rings. The van der Waals surface area contributed by atoms with Gasteiger partial charge >= 0.3 is 12.1 Å². The Morgan fingerprint density at radius 2 is 1.54 bits per heavy atom. The summed E-state index contributed by atoms with van der Waals surface area (Å²) in [6.07, 6.45) is -0.380. The van der Waals surface area contributed by atoms with Gasteiger partial charge in [0.05, 0.1) is 0 Å². The molecule has 0 saturated carbocycles. The molecule has 0 radical (unpaired) electrons. The molecule has 24 heavy (non-hydrogen) atoms. The van der Waals surface area contributed by atoms with E-state index in [1.54, 1.807) is 6.92 Å². The van der Waals surface area contributed by atoms with Crippen molar-refractivity contribution in [3.05, 3.63) is 71.8 Å². The predicted octanol–water partition coefficient (Wildman–Crippen LogP) is 3.34. The fraction of sp³-hybridized carbons (Fsp3) is 0.263. The number of aliphatic carboxylic acids is 1. The maximum Gasteiger partial charge on any atom is 0.410 e. The zero-order chi connectivity index (χ0) is 17.4. The first-order valence-corrected chi connectivity index (χ1v) is 7.86. The lowest BCUT2D eigenvalue weighted by molar-refractivity contribution is -0.142. The van der Waals surface area contributed by atoms with E-state index in [9.17, 15) is 14.7 Å². The number of amides is 1. The summed E-state index contributed by atoms with van der Waals surface area (Å²) in [6, 6.07) is 17.6. The molecular formula is C19H21NO4. The maximum atomic E-state index is 12.3. The molecule has 0 aliphatic heterocycles. The van der Waals surface area contributed by atoms with E-state index < -0.39 is 18.1 Å². The molecule has 1 unspecified atom stereocenters. The quantitative estimate of drug-likeness (QED) is 0.847. The third kappa shape index (κ3) is 4.84. The Morgan fingerprint density at radius 1 is 1.00 bits per heavy atom. The fourth-order valence-electron chi connectivity index (χ4n) is 2.45. The Kier molecular flexibility index (Phi) is 6.37. The van der Waals surface area contributed by atoms with Crippen LogP contribution in [-0.4, -0.2) is 34.7 Å². The summed E-state index contributed by atoms with van der Waals surface area (Å²) in [6.45, 7) is 2.12. The van der Waals surface area contributed by atoms with E-state index >= 15 is 0 Å². The molecule has 2 aromatic carbocycles. The van der Waals surface area contributed by atoms with Crippen molar-refractivity contribution in [3.8, 4) is 0 Å². The summed E-state index contributed by atoms with van der Waals surface area (Å²) in [7, 11) is 0. The molecule has 5 heteroatoms. The minimum Gasteiger partial charge on any atom is -0.480 e. The van der Waals surface area contributed by atoms with Gasteiger partial charge in [0.2, 0.25) is 0 Å². The highest BCUT2D eigenvalue weighted by Crippen LogP contribution is 2.12. The number of likely N-dealkylation sites (N-methyl/N-ethyl adjacent to an activating group) is 1. The predicted molar refractivity (Wildman–Crippen MR) is 90.6 cm³/mol. The van der Waals surface area contributed by atoms with Crippen molar-refractivity contribution in [1.29, 1.82) is 0 Å². The van der Waals surface area contributed by atoms with Gasteiger partial charge in [-0.05, 0) is 18.1 Å². The summed E-state index contributed by atoms with van der Waals surface area (Å²) in [5, 5.41) is 9.52. The Labute approximate surface area is 141 Å². The fourth-order valence-corrected chi connectivity index (χ4v) is 2.45. The SMILES string of the molecule is CCN(C(=O)OCc1ccccc1)C(Cc1ccccc1)C(=O)O. The van der Waals surface area contributed by atoms with Gasteiger partial charge in [0.25, 0.3) is 0 Å². The molecule has 0 spiro atoms. The lowest BCUT2D eigenvalue weighted by Crippen LogP contribution is -2.46. The molecule has 126 valence electrons. The van der Waals surface area contributed by atoms with Crippen molar-refractivity contribution >= 4 is 12.1 Å². The largest absolute Gasteiger partial charge is 0.480 e. The second-order valence-electron chi connectivity index (χ2n) is 5.37. The molecule has 0 aliphatic rings. The minimum absolute atomic E-state index is 0.119. The number of nitrogens with zero attached hydrogens (tertiary/aromatic N) is 1. The van der Waals surface area contributed by atoms with Crippen molar-refractivity contribution in [1.82, 2.24) is 4.90 Å². The van der Waals surface area contributed by atoms with E-state index in [0.29, 0.717) is 0 Å². The van der Waals surface area contributed by atoms with Crippen LogP contribution in [0.25, 0.3) is 0 Å². The number of hydrogen-bond acceptors (Lipinski definition) is 3.